The molecule has 20 heavy (non-hydrogen) atoms. The molecule has 2 aromatic rings. The summed E-state index contributed by atoms with van der Waals surface area (Å²) in [6.45, 7) is 2.06. The fourth-order valence-electron chi connectivity index (χ4n) is 1.79. The van der Waals surface area contributed by atoms with Gasteiger partial charge in [0.1, 0.15) is 10.7 Å². The molecule has 0 radical (unpaired) electrons. The Labute approximate surface area is 117 Å². The summed E-state index contributed by atoms with van der Waals surface area (Å²) in [4.78, 5) is 2.99. The highest BCUT2D eigenvalue weighted by Gasteiger charge is 2.17. The number of rotatable bonds is 5. The van der Waals surface area contributed by atoms with E-state index in [9.17, 15) is 12.8 Å². The molecule has 0 unspecified atom stereocenters. The topological polar surface area (TPSA) is 74.0 Å². The Morgan fingerprint density at radius 2 is 2.10 bits per heavy atom. The quantitative estimate of drug-likeness (QED) is 0.790. The predicted octanol–water partition coefficient (Wildman–Crippen LogP) is 1.98. The monoisotopic (exact) mass is 297 g/mol. The van der Waals surface area contributed by atoms with Crippen LogP contribution in [0.4, 0.5) is 10.1 Å². The first-order valence-corrected chi connectivity index (χ1v) is 7.52. The van der Waals surface area contributed by atoms with Crippen molar-refractivity contribution in [3.8, 4) is 0 Å². The molecule has 0 aliphatic carbocycles. The molecule has 1 aromatic carbocycles. The minimum atomic E-state index is -3.73. The molecule has 5 nitrogen and oxygen atoms in total. The van der Waals surface area contributed by atoms with Crippen LogP contribution in [0.25, 0.3) is 0 Å². The molecule has 0 saturated heterocycles. The van der Waals surface area contributed by atoms with Crippen molar-refractivity contribution in [3.05, 3.63) is 47.5 Å². The van der Waals surface area contributed by atoms with E-state index in [4.69, 9.17) is 0 Å². The Morgan fingerprint density at radius 1 is 1.35 bits per heavy atom. The standard InChI is InChI=1S/C13H16FN3O2S/c1-9-12(14)4-3-5-13(9)17-20(18,19)11-6-10(7-15-2)16-8-11/h3-6,8,15-17H,7H2,1-2H3. The molecule has 0 spiro atoms. The summed E-state index contributed by atoms with van der Waals surface area (Å²) in [5.41, 5.74) is 1.26. The van der Waals surface area contributed by atoms with E-state index in [1.807, 2.05) is 0 Å². The van der Waals surface area contributed by atoms with Crippen LogP contribution in [0.1, 0.15) is 11.3 Å². The van der Waals surface area contributed by atoms with Crippen LogP contribution in [-0.4, -0.2) is 20.4 Å². The molecule has 108 valence electrons. The number of H-pyrrole nitrogens is 1. The Morgan fingerprint density at radius 3 is 2.80 bits per heavy atom. The van der Waals surface area contributed by atoms with Gasteiger partial charge < -0.3 is 10.3 Å². The maximum Gasteiger partial charge on any atom is 0.263 e. The zero-order chi connectivity index (χ0) is 14.8. The van der Waals surface area contributed by atoms with Crippen molar-refractivity contribution in [2.45, 2.75) is 18.4 Å². The van der Waals surface area contributed by atoms with Crippen molar-refractivity contribution >= 4 is 15.7 Å². The van der Waals surface area contributed by atoms with Crippen molar-refractivity contribution in [1.29, 1.82) is 0 Å². The van der Waals surface area contributed by atoms with Crippen LogP contribution in [0, 0.1) is 12.7 Å². The van der Waals surface area contributed by atoms with Crippen molar-refractivity contribution in [2.24, 2.45) is 0 Å². The van der Waals surface area contributed by atoms with E-state index in [2.05, 4.69) is 15.0 Å². The molecule has 2 rings (SSSR count). The van der Waals surface area contributed by atoms with Gasteiger partial charge in [-0.05, 0) is 32.2 Å². The highest BCUT2D eigenvalue weighted by atomic mass is 32.2. The maximum atomic E-state index is 13.4. The molecule has 0 amide bonds. The Bertz CT molecular complexity index is 710. The van der Waals surface area contributed by atoms with Crippen LogP contribution in [0.3, 0.4) is 0 Å². The highest BCUT2D eigenvalue weighted by Crippen LogP contribution is 2.21. The smallest absolute Gasteiger partial charge is 0.263 e. The van der Waals surface area contributed by atoms with E-state index in [0.717, 1.165) is 5.69 Å². The average Bonchev–Trinajstić information content (AvgIpc) is 2.85. The Hall–Kier alpha value is -1.86. The largest absolute Gasteiger partial charge is 0.363 e. The first-order valence-electron chi connectivity index (χ1n) is 6.04. The fraction of sp³-hybridized carbons (Fsp3) is 0.231. The van der Waals surface area contributed by atoms with Gasteiger partial charge in [-0.3, -0.25) is 4.72 Å². The number of sulfonamides is 1. The summed E-state index contributed by atoms with van der Waals surface area (Å²) in [5.74, 6) is -0.449. The summed E-state index contributed by atoms with van der Waals surface area (Å²) in [7, 11) is -1.96. The Balaban J connectivity index is 2.28. The molecule has 3 N–H and O–H groups in total. The number of aromatic nitrogens is 1. The molecule has 0 fully saturated rings. The third kappa shape index (κ3) is 3.00. The normalized spacial score (nSPS) is 11.6. The first kappa shape index (κ1) is 14.5. The summed E-state index contributed by atoms with van der Waals surface area (Å²) < 4.78 is 40.2. The van der Waals surface area contributed by atoms with Gasteiger partial charge in [0, 0.05) is 24.0 Å². The first-order chi connectivity index (χ1) is 9.44. The summed E-state index contributed by atoms with van der Waals surface area (Å²) in [6.07, 6.45) is 1.41. The van der Waals surface area contributed by atoms with Crippen LogP contribution in [0.15, 0.2) is 35.4 Å². The minimum absolute atomic E-state index is 0.117. The number of anilines is 1. The van der Waals surface area contributed by atoms with Gasteiger partial charge in [-0.25, -0.2) is 12.8 Å². The van der Waals surface area contributed by atoms with E-state index < -0.39 is 15.8 Å². The van der Waals surface area contributed by atoms with Gasteiger partial charge in [0.2, 0.25) is 0 Å². The van der Waals surface area contributed by atoms with Crippen LogP contribution in [0.2, 0.25) is 0 Å². The second-order valence-corrected chi connectivity index (χ2v) is 6.09. The number of benzene rings is 1. The van der Waals surface area contributed by atoms with Crippen LogP contribution in [-0.2, 0) is 16.6 Å². The van der Waals surface area contributed by atoms with Gasteiger partial charge in [0.25, 0.3) is 10.0 Å². The molecule has 7 heteroatoms. The van der Waals surface area contributed by atoms with E-state index in [-0.39, 0.29) is 16.1 Å². The van der Waals surface area contributed by atoms with Crippen molar-refractivity contribution in [1.82, 2.24) is 10.3 Å². The fourth-order valence-corrected chi connectivity index (χ4v) is 2.93. The third-order valence-corrected chi connectivity index (χ3v) is 4.25. The zero-order valence-corrected chi connectivity index (χ0v) is 12.0. The van der Waals surface area contributed by atoms with E-state index in [1.54, 1.807) is 7.05 Å². The molecular formula is C13H16FN3O2S. The van der Waals surface area contributed by atoms with Gasteiger partial charge >= 0.3 is 0 Å². The molecular weight excluding hydrogens is 281 g/mol. The van der Waals surface area contributed by atoms with Gasteiger partial charge in [-0.1, -0.05) is 6.07 Å². The summed E-state index contributed by atoms with van der Waals surface area (Å²) in [6, 6.07) is 5.81. The molecule has 0 bridgehead atoms. The van der Waals surface area contributed by atoms with E-state index in [0.29, 0.717) is 6.54 Å². The van der Waals surface area contributed by atoms with Crippen LogP contribution < -0.4 is 10.0 Å². The number of nitrogens with one attached hydrogen (secondary N) is 3. The predicted molar refractivity (Wildman–Crippen MR) is 75.5 cm³/mol. The van der Waals surface area contributed by atoms with E-state index >= 15 is 0 Å². The molecule has 1 aromatic heterocycles. The number of halogens is 1. The van der Waals surface area contributed by atoms with Gasteiger partial charge in [0.05, 0.1) is 5.69 Å². The minimum Gasteiger partial charge on any atom is -0.363 e. The number of hydrogen-bond donors (Lipinski definition) is 3. The maximum absolute atomic E-state index is 13.4. The molecule has 0 atom stereocenters. The second kappa shape index (κ2) is 5.64. The summed E-state index contributed by atoms with van der Waals surface area (Å²) in [5, 5.41) is 2.92. The van der Waals surface area contributed by atoms with Crippen LogP contribution >= 0.6 is 0 Å². The van der Waals surface area contributed by atoms with E-state index in [1.165, 1.54) is 37.4 Å². The lowest BCUT2D eigenvalue weighted by Gasteiger charge is -2.09. The average molecular weight is 297 g/mol. The second-order valence-electron chi connectivity index (χ2n) is 4.41. The SMILES string of the molecule is CNCc1cc(S(=O)(=O)Nc2cccc(F)c2C)c[nH]1. The van der Waals surface area contributed by atoms with Crippen molar-refractivity contribution in [2.75, 3.05) is 11.8 Å². The van der Waals surface area contributed by atoms with Gasteiger partial charge in [-0.15, -0.1) is 0 Å². The molecule has 1 heterocycles. The number of hydrogen-bond acceptors (Lipinski definition) is 3. The third-order valence-electron chi connectivity index (χ3n) is 2.91. The lowest BCUT2D eigenvalue weighted by Crippen LogP contribution is -2.13. The Kier molecular flexibility index (Phi) is 4.10. The lowest BCUT2D eigenvalue weighted by atomic mass is 10.2. The molecule has 0 saturated carbocycles. The lowest BCUT2D eigenvalue weighted by molar-refractivity contribution is 0.601. The van der Waals surface area contributed by atoms with Gasteiger partial charge in [-0.2, -0.15) is 0 Å². The summed E-state index contributed by atoms with van der Waals surface area (Å²) >= 11 is 0. The molecule has 0 aliphatic heterocycles. The van der Waals surface area contributed by atoms with Crippen molar-refractivity contribution < 1.29 is 12.8 Å². The van der Waals surface area contributed by atoms with Crippen LogP contribution in [0.5, 0.6) is 0 Å². The van der Waals surface area contributed by atoms with Gasteiger partial charge in [0.15, 0.2) is 0 Å². The van der Waals surface area contributed by atoms with Crippen molar-refractivity contribution in [3.63, 3.8) is 0 Å². The molecule has 0 aliphatic rings. The highest BCUT2D eigenvalue weighted by molar-refractivity contribution is 7.92. The number of aromatic amines is 1. The zero-order valence-electron chi connectivity index (χ0n) is 11.2.